The fourth-order valence-electron chi connectivity index (χ4n) is 3.00. The molecular weight excluding hydrogens is 350 g/mol. The van der Waals surface area contributed by atoms with Crippen molar-refractivity contribution in [3.63, 3.8) is 0 Å². The molecule has 1 saturated heterocycles. The number of nitrogens with one attached hydrogen (secondary N) is 1. The molecule has 0 aromatic heterocycles. The first-order chi connectivity index (χ1) is 12.4. The molecule has 1 heterocycles. The largest absolute Gasteiger partial charge is 0.381 e. The van der Waals surface area contributed by atoms with Gasteiger partial charge < -0.3 is 15.0 Å². The molecule has 7 heteroatoms. The van der Waals surface area contributed by atoms with E-state index in [1.165, 1.54) is 6.26 Å². The number of sulfone groups is 1. The van der Waals surface area contributed by atoms with E-state index in [4.69, 9.17) is 9.73 Å². The van der Waals surface area contributed by atoms with Crippen molar-refractivity contribution in [2.75, 3.05) is 39.6 Å². The van der Waals surface area contributed by atoms with Gasteiger partial charge in [-0.05, 0) is 49.8 Å². The number of hydrogen-bond donors (Lipinski definition) is 1. The summed E-state index contributed by atoms with van der Waals surface area (Å²) in [5.74, 6) is 1.62. The molecule has 1 aromatic carbocycles. The minimum atomic E-state index is -3.16. The molecule has 146 valence electrons. The molecular formula is C19H31N3O3S. The Morgan fingerprint density at radius 2 is 1.92 bits per heavy atom. The third-order valence-electron chi connectivity index (χ3n) is 4.67. The molecule has 1 fully saturated rings. The second kappa shape index (κ2) is 9.92. The highest BCUT2D eigenvalue weighted by molar-refractivity contribution is 7.90. The molecule has 1 aliphatic heterocycles. The van der Waals surface area contributed by atoms with Crippen molar-refractivity contribution in [2.24, 2.45) is 10.9 Å². The normalized spacial score (nSPS) is 16.5. The predicted molar refractivity (Wildman–Crippen MR) is 105 cm³/mol. The van der Waals surface area contributed by atoms with Gasteiger partial charge in [-0.15, -0.1) is 0 Å². The summed E-state index contributed by atoms with van der Waals surface area (Å²) in [7, 11) is -1.09. The van der Waals surface area contributed by atoms with Gasteiger partial charge in [0, 0.05) is 39.6 Å². The average molecular weight is 382 g/mol. The molecule has 0 radical (unpaired) electrons. The fraction of sp³-hybridized carbons (Fsp3) is 0.632. The molecule has 0 bridgehead atoms. The van der Waals surface area contributed by atoms with Gasteiger partial charge in [-0.2, -0.15) is 0 Å². The van der Waals surface area contributed by atoms with Gasteiger partial charge in [0.05, 0.1) is 11.4 Å². The summed E-state index contributed by atoms with van der Waals surface area (Å²) >= 11 is 0. The molecule has 2 rings (SSSR count). The zero-order chi connectivity index (χ0) is 19.0. The highest BCUT2D eigenvalue weighted by Crippen LogP contribution is 2.18. The molecule has 0 amide bonds. The number of benzene rings is 1. The zero-order valence-corrected chi connectivity index (χ0v) is 16.9. The van der Waals surface area contributed by atoms with Crippen LogP contribution >= 0.6 is 0 Å². The molecule has 6 nitrogen and oxygen atoms in total. The maximum absolute atomic E-state index is 11.5. The number of nitrogens with zero attached hydrogens (tertiary/aromatic N) is 2. The molecule has 0 saturated carbocycles. The van der Waals surface area contributed by atoms with Crippen LogP contribution in [0.25, 0.3) is 0 Å². The Hall–Kier alpha value is -1.60. The van der Waals surface area contributed by atoms with Crippen LogP contribution in [0, 0.1) is 5.92 Å². The van der Waals surface area contributed by atoms with Crippen molar-refractivity contribution < 1.29 is 13.2 Å². The quantitative estimate of drug-likeness (QED) is 0.580. The molecule has 0 spiro atoms. The van der Waals surface area contributed by atoms with Crippen molar-refractivity contribution in [1.82, 2.24) is 10.2 Å². The Balaban J connectivity index is 1.94. The van der Waals surface area contributed by atoms with Gasteiger partial charge in [0.1, 0.15) is 0 Å². The predicted octanol–water partition coefficient (Wildman–Crippen LogP) is 2.30. The van der Waals surface area contributed by atoms with Crippen LogP contribution in [0.4, 0.5) is 0 Å². The van der Waals surface area contributed by atoms with E-state index in [2.05, 4.69) is 24.2 Å². The van der Waals surface area contributed by atoms with E-state index in [-0.39, 0.29) is 0 Å². The van der Waals surface area contributed by atoms with Crippen molar-refractivity contribution in [3.05, 3.63) is 29.8 Å². The van der Waals surface area contributed by atoms with Gasteiger partial charge in [0.25, 0.3) is 0 Å². The summed E-state index contributed by atoms with van der Waals surface area (Å²) in [4.78, 5) is 7.21. The van der Waals surface area contributed by atoms with Crippen molar-refractivity contribution >= 4 is 15.8 Å². The second-order valence-corrected chi connectivity index (χ2v) is 8.87. The molecule has 1 aromatic rings. The smallest absolute Gasteiger partial charge is 0.193 e. The Kier molecular flexibility index (Phi) is 7.90. The first-order valence-corrected chi connectivity index (χ1v) is 11.2. The standard InChI is InChI=1S/C19H31N3O3S/c1-4-20-19(22(2)12-9-16-10-13-25-14-11-16)21-15-17-5-7-18(8-6-17)26(3,23)24/h5-8,16H,4,9-15H2,1-3H3,(H,20,21). The number of rotatable bonds is 7. The lowest BCUT2D eigenvalue weighted by molar-refractivity contribution is 0.0625. The van der Waals surface area contributed by atoms with E-state index >= 15 is 0 Å². The van der Waals surface area contributed by atoms with Crippen LogP contribution in [0.15, 0.2) is 34.2 Å². The van der Waals surface area contributed by atoms with E-state index in [1.54, 1.807) is 12.1 Å². The van der Waals surface area contributed by atoms with Crippen LogP contribution in [0.5, 0.6) is 0 Å². The Morgan fingerprint density at radius 1 is 1.27 bits per heavy atom. The lowest BCUT2D eigenvalue weighted by Crippen LogP contribution is -2.40. The molecule has 1 N–H and O–H groups in total. The van der Waals surface area contributed by atoms with Crippen LogP contribution < -0.4 is 5.32 Å². The summed E-state index contributed by atoms with van der Waals surface area (Å²) in [6.07, 6.45) is 4.66. The van der Waals surface area contributed by atoms with Crippen molar-refractivity contribution in [2.45, 2.75) is 37.6 Å². The topological polar surface area (TPSA) is 71.0 Å². The third-order valence-corrected chi connectivity index (χ3v) is 5.80. The maximum atomic E-state index is 11.5. The lowest BCUT2D eigenvalue weighted by Gasteiger charge is -2.26. The number of ether oxygens (including phenoxy) is 1. The average Bonchev–Trinajstić information content (AvgIpc) is 2.63. The Morgan fingerprint density at radius 3 is 2.50 bits per heavy atom. The molecule has 1 aliphatic rings. The van der Waals surface area contributed by atoms with Crippen LogP contribution in [-0.2, 0) is 21.1 Å². The number of aliphatic imine (C=N–C) groups is 1. The maximum Gasteiger partial charge on any atom is 0.193 e. The highest BCUT2D eigenvalue weighted by Gasteiger charge is 2.15. The van der Waals surface area contributed by atoms with E-state index < -0.39 is 9.84 Å². The van der Waals surface area contributed by atoms with Gasteiger partial charge in [-0.1, -0.05) is 12.1 Å². The Labute approximate surface area is 157 Å². The van der Waals surface area contributed by atoms with Crippen LogP contribution in [0.3, 0.4) is 0 Å². The molecule has 0 atom stereocenters. The molecule has 26 heavy (non-hydrogen) atoms. The molecule has 0 unspecified atom stereocenters. The van der Waals surface area contributed by atoms with Gasteiger partial charge >= 0.3 is 0 Å². The Bertz CT molecular complexity index is 680. The summed E-state index contributed by atoms with van der Waals surface area (Å²) in [5, 5.41) is 3.33. The van der Waals surface area contributed by atoms with Gasteiger partial charge in [0.15, 0.2) is 15.8 Å². The monoisotopic (exact) mass is 381 g/mol. The van der Waals surface area contributed by atoms with E-state index in [9.17, 15) is 8.42 Å². The summed E-state index contributed by atoms with van der Waals surface area (Å²) in [6, 6.07) is 6.93. The van der Waals surface area contributed by atoms with Crippen LogP contribution in [-0.4, -0.2) is 58.9 Å². The number of guanidine groups is 1. The van der Waals surface area contributed by atoms with Gasteiger partial charge in [-0.3, -0.25) is 0 Å². The lowest BCUT2D eigenvalue weighted by atomic mass is 9.96. The van der Waals surface area contributed by atoms with Crippen LogP contribution in [0.2, 0.25) is 0 Å². The SMILES string of the molecule is CCNC(=NCc1ccc(S(C)(=O)=O)cc1)N(C)CCC1CCOCC1. The minimum Gasteiger partial charge on any atom is -0.381 e. The summed E-state index contributed by atoms with van der Waals surface area (Å²) in [6.45, 7) is 6.12. The minimum absolute atomic E-state index is 0.339. The fourth-order valence-corrected chi connectivity index (χ4v) is 3.63. The van der Waals surface area contributed by atoms with E-state index in [0.717, 1.165) is 63.0 Å². The van der Waals surface area contributed by atoms with E-state index in [1.807, 2.05) is 12.1 Å². The van der Waals surface area contributed by atoms with Gasteiger partial charge in [0.2, 0.25) is 0 Å². The first-order valence-electron chi connectivity index (χ1n) is 9.26. The highest BCUT2D eigenvalue weighted by atomic mass is 32.2. The van der Waals surface area contributed by atoms with Crippen molar-refractivity contribution in [1.29, 1.82) is 0 Å². The third kappa shape index (κ3) is 6.61. The van der Waals surface area contributed by atoms with Crippen LogP contribution in [0.1, 0.15) is 31.7 Å². The van der Waals surface area contributed by atoms with E-state index in [0.29, 0.717) is 11.4 Å². The summed E-state index contributed by atoms with van der Waals surface area (Å²) < 4.78 is 28.5. The summed E-state index contributed by atoms with van der Waals surface area (Å²) in [5.41, 5.74) is 0.991. The first kappa shape index (κ1) is 20.7. The molecule has 0 aliphatic carbocycles. The van der Waals surface area contributed by atoms with Crippen molar-refractivity contribution in [3.8, 4) is 0 Å². The van der Waals surface area contributed by atoms with Gasteiger partial charge in [-0.25, -0.2) is 13.4 Å². The number of hydrogen-bond acceptors (Lipinski definition) is 4. The second-order valence-electron chi connectivity index (χ2n) is 6.85. The zero-order valence-electron chi connectivity index (χ0n) is 16.1.